The monoisotopic (exact) mass is 695 g/mol. The molecule has 0 unspecified atom stereocenters. The summed E-state index contributed by atoms with van der Waals surface area (Å²) < 4.78 is 87.0. The summed E-state index contributed by atoms with van der Waals surface area (Å²) in [5.41, 5.74) is 0.841. The molecule has 15 nitrogen and oxygen atoms in total. The number of nitrogens with one attached hydrogen (secondary N) is 1. The van der Waals surface area contributed by atoms with E-state index in [0.29, 0.717) is 67.1 Å². The molecule has 1 saturated heterocycles. The second-order valence-electron chi connectivity index (χ2n) is 11.0. The van der Waals surface area contributed by atoms with E-state index in [1.165, 1.54) is 11.0 Å². The van der Waals surface area contributed by atoms with Gasteiger partial charge in [0, 0.05) is 39.0 Å². The zero-order chi connectivity index (χ0) is 35.7. The van der Waals surface area contributed by atoms with E-state index in [2.05, 4.69) is 20.4 Å². The van der Waals surface area contributed by atoms with Crippen LogP contribution in [-0.2, 0) is 32.2 Å². The minimum atomic E-state index is -5.08. The highest BCUT2D eigenvalue weighted by molar-refractivity contribution is 5.90. The van der Waals surface area contributed by atoms with E-state index in [-0.39, 0.29) is 25.9 Å². The number of piperazine rings is 1. The van der Waals surface area contributed by atoms with Crippen LogP contribution in [0.5, 0.6) is 0 Å². The normalized spacial score (nSPS) is 14.0. The van der Waals surface area contributed by atoms with E-state index < -0.39 is 30.5 Å². The predicted octanol–water partition coefficient (Wildman–Crippen LogP) is 4.17. The number of anilines is 3. The number of carboxylic acids is 1. The van der Waals surface area contributed by atoms with Gasteiger partial charge in [-0.25, -0.2) is 24.5 Å². The second kappa shape index (κ2) is 16.0. The van der Waals surface area contributed by atoms with Crippen molar-refractivity contribution in [2.75, 3.05) is 56.2 Å². The molecule has 21 heteroatoms. The maximum Gasteiger partial charge on any atom is 0.490 e. The van der Waals surface area contributed by atoms with Crippen LogP contribution in [0.25, 0.3) is 11.0 Å². The summed E-state index contributed by atoms with van der Waals surface area (Å²) in [6, 6.07) is 1.65. The Morgan fingerprint density at radius 2 is 1.69 bits per heavy atom. The number of hydrogen-bond donors (Lipinski definition) is 2. The first-order chi connectivity index (χ1) is 22.4. The number of rotatable bonds is 10. The van der Waals surface area contributed by atoms with Gasteiger partial charge in [-0.1, -0.05) is 0 Å². The van der Waals surface area contributed by atoms with Gasteiger partial charge >= 0.3 is 24.4 Å². The molecule has 0 saturated carbocycles. The van der Waals surface area contributed by atoms with Crippen molar-refractivity contribution in [2.45, 2.75) is 58.8 Å². The van der Waals surface area contributed by atoms with Crippen LogP contribution in [0.15, 0.2) is 18.6 Å². The van der Waals surface area contributed by atoms with Gasteiger partial charge in [-0.05, 0) is 33.8 Å². The Labute approximate surface area is 270 Å². The first-order valence-corrected chi connectivity index (χ1v) is 14.4. The molecule has 1 amide bonds. The minimum absolute atomic E-state index is 0.0223. The minimum Gasteiger partial charge on any atom is -0.475 e. The van der Waals surface area contributed by atoms with Crippen LogP contribution in [0.4, 0.5) is 48.7 Å². The number of amides is 1. The van der Waals surface area contributed by atoms with E-state index in [1.54, 1.807) is 17.2 Å². The van der Waals surface area contributed by atoms with Crippen molar-refractivity contribution >= 4 is 40.7 Å². The fourth-order valence-corrected chi connectivity index (χ4v) is 4.06. The Morgan fingerprint density at radius 3 is 2.23 bits per heavy atom. The quantitative estimate of drug-likeness (QED) is 0.229. The fraction of sp³-hybridized carbons (Fsp3) is 0.593. The van der Waals surface area contributed by atoms with Crippen LogP contribution >= 0.6 is 0 Å². The Morgan fingerprint density at radius 1 is 1.02 bits per heavy atom. The third kappa shape index (κ3) is 11.6. The van der Waals surface area contributed by atoms with Gasteiger partial charge < -0.3 is 34.4 Å². The average Bonchev–Trinajstić information content (AvgIpc) is 3.35. The lowest BCUT2D eigenvalue weighted by molar-refractivity contribution is -0.192. The van der Waals surface area contributed by atoms with Gasteiger partial charge in [0.25, 0.3) is 0 Å². The molecule has 0 atom stereocenters. The lowest BCUT2D eigenvalue weighted by Crippen LogP contribution is -2.50. The Kier molecular flexibility index (Phi) is 12.7. The van der Waals surface area contributed by atoms with Crippen molar-refractivity contribution in [1.82, 2.24) is 34.6 Å². The SMILES string of the molecule is CCOCc1nn(CCOCC(F)(F)F)c2c(Nc3ccncn3)nc(N3CCN(C(=O)OC(C)(C)C)CC3)nc12.O=C(O)C(F)(F)F. The third-order valence-corrected chi connectivity index (χ3v) is 6.09. The van der Waals surface area contributed by atoms with Gasteiger partial charge in [-0.15, -0.1) is 0 Å². The maximum atomic E-state index is 12.6. The Balaban J connectivity index is 0.000000804. The van der Waals surface area contributed by atoms with Gasteiger partial charge in [-0.2, -0.15) is 36.4 Å². The number of ether oxygens (including phenoxy) is 3. The molecule has 0 radical (unpaired) electrons. The summed E-state index contributed by atoms with van der Waals surface area (Å²) >= 11 is 0. The molecule has 48 heavy (non-hydrogen) atoms. The van der Waals surface area contributed by atoms with Crippen LogP contribution in [0.2, 0.25) is 0 Å². The van der Waals surface area contributed by atoms with E-state index >= 15 is 0 Å². The number of carbonyl (C=O) groups excluding carboxylic acids is 1. The number of carboxylic acid groups (broad SMARTS) is 1. The lowest BCUT2D eigenvalue weighted by atomic mass is 10.2. The fourth-order valence-electron chi connectivity index (χ4n) is 4.06. The number of hydrogen-bond acceptors (Lipinski definition) is 12. The summed E-state index contributed by atoms with van der Waals surface area (Å²) in [5, 5.41) is 14.9. The van der Waals surface area contributed by atoms with Crippen molar-refractivity contribution < 1.29 is 55.2 Å². The van der Waals surface area contributed by atoms with Crippen LogP contribution < -0.4 is 10.2 Å². The van der Waals surface area contributed by atoms with Crippen molar-refractivity contribution in [3.8, 4) is 0 Å². The zero-order valence-electron chi connectivity index (χ0n) is 26.4. The highest BCUT2D eigenvalue weighted by atomic mass is 19.4. The highest BCUT2D eigenvalue weighted by Gasteiger charge is 2.38. The molecule has 3 aromatic rings. The molecule has 0 aromatic carbocycles. The van der Waals surface area contributed by atoms with Crippen molar-refractivity contribution in [2.24, 2.45) is 0 Å². The first kappa shape index (κ1) is 37.9. The molecule has 1 aliphatic rings. The molecule has 0 aliphatic carbocycles. The summed E-state index contributed by atoms with van der Waals surface area (Å²) in [5.74, 6) is -1.56. The number of aliphatic carboxylic acids is 1. The summed E-state index contributed by atoms with van der Waals surface area (Å²) in [6.07, 6.45) is -6.96. The summed E-state index contributed by atoms with van der Waals surface area (Å²) in [4.78, 5) is 42.7. The largest absolute Gasteiger partial charge is 0.490 e. The van der Waals surface area contributed by atoms with Gasteiger partial charge in [0.05, 0.1) is 19.8 Å². The maximum absolute atomic E-state index is 12.6. The first-order valence-electron chi connectivity index (χ1n) is 14.4. The topological polar surface area (TPSA) is 170 Å². The summed E-state index contributed by atoms with van der Waals surface area (Å²) in [6.45, 7) is 8.03. The molecule has 1 fully saturated rings. The third-order valence-electron chi connectivity index (χ3n) is 6.09. The lowest BCUT2D eigenvalue weighted by Gasteiger charge is -2.35. The smallest absolute Gasteiger partial charge is 0.475 e. The number of fused-ring (bicyclic) bond motifs is 1. The van der Waals surface area contributed by atoms with E-state index in [1.807, 2.05) is 32.6 Å². The molecule has 0 spiro atoms. The van der Waals surface area contributed by atoms with Gasteiger partial charge in [0.15, 0.2) is 5.82 Å². The number of halogens is 6. The molecule has 3 aromatic heterocycles. The van der Waals surface area contributed by atoms with E-state index in [9.17, 15) is 31.1 Å². The van der Waals surface area contributed by atoms with Crippen LogP contribution in [-0.4, -0.2) is 116 Å². The number of alkyl halides is 6. The predicted molar refractivity (Wildman–Crippen MR) is 157 cm³/mol. The molecule has 2 N–H and O–H groups in total. The van der Waals surface area contributed by atoms with E-state index in [4.69, 9.17) is 34.1 Å². The van der Waals surface area contributed by atoms with E-state index in [0.717, 1.165) is 0 Å². The number of aromatic nitrogens is 6. The number of nitrogens with zero attached hydrogens (tertiary/aromatic N) is 8. The molecule has 1 aliphatic heterocycles. The molecular formula is C27H35F6N9O6. The van der Waals surface area contributed by atoms with Crippen LogP contribution in [0.1, 0.15) is 33.4 Å². The molecule has 4 rings (SSSR count). The second-order valence-corrected chi connectivity index (χ2v) is 11.0. The molecule has 0 bridgehead atoms. The van der Waals surface area contributed by atoms with Gasteiger partial charge in [0.2, 0.25) is 5.95 Å². The van der Waals surface area contributed by atoms with Gasteiger partial charge in [-0.3, -0.25) is 4.68 Å². The van der Waals surface area contributed by atoms with Crippen molar-refractivity contribution in [3.05, 3.63) is 24.3 Å². The van der Waals surface area contributed by atoms with Gasteiger partial charge in [0.1, 0.15) is 41.1 Å². The van der Waals surface area contributed by atoms with Crippen molar-refractivity contribution in [3.63, 3.8) is 0 Å². The Bertz CT molecular complexity index is 1510. The standard InChI is InChI=1S/C25H34F3N9O4.C2HF3O2/c1-5-39-14-17-19-20(37(34-17)12-13-40-15-25(26,27)28)21(31-18-6-7-29-16-30-18)33-22(32-19)35-8-10-36(11-9-35)23(38)41-24(2,3)4;3-2(4,5)1(6)7/h6-7,16H,5,8-15H2,1-4H3,(H,29,30,31,32,33);(H,6,7). The van der Waals surface area contributed by atoms with Crippen LogP contribution in [0.3, 0.4) is 0 Å². The van der Waals surface area contributed by atoms with Crippen LogP contribution in [0, 0.1) is 0 Å². The zero-order valence-corrected chi connectivity index (χ0v) is 26.4. The average molecular weight is 696 g/mol. The highest BCUT2D eigenvalue weighted by Crippen LogP contribution is 2.29. The molecule has 266 valence electrons. The summed E-state index contributed by atoms with van der Waals surface area (Å²) in [7, 11) is 0. The van der Waals surface area contributed by atoms with Crippen molar-refractivity contribution in [1.29, 1.82) is 0 Å². The Hall–Kier alpha value is -4.53. The molecular weight excluding hydrogens is 660 g/mol. The molecule has 4 heterocycles. The number of carbonyl (C=O) groups is 2.